The Morgan fingerprint density at radius 3 is 2.17 bits per heavy atom. The fourth-order valence-corrected chi connectivity index (χ4v) is 2.93. The van der Waals surface area contributed by atoms with E-state index < -0.39 is 18.1 Å². The molecular formula is C18H18N2O4. The van der Waals surface area contributed by atoms with Gasteiger partial charge in [-0.3, -0.25) is 4.79 Å². The Hall–Kier alpha value is -2.86. The van der Waals surface area contributed by atoms with E-state index in [1.807, 2.05) is 36.4 Å². The van der Waals surface area contributed by atoms with Gasteiger partial charge >= 0.3 is 12.1 Å². The summed E-state index contributed by atoms with van der Waals surface area (Å²) in [7, 11) is 0. The molecule has 1 aliphatic rings. The molecule has 0 radical (unpaired) electrons. The Morgan fingerprint density at radius 2 is 1.62 bits per heavy atom. The largest absolute Gasteiger partial charge is 0.480 e. The minimum atomic E-state index is -1.17. The van der Waals surface area contributed by atoms with Crippen LogP contribution in [-0.4, -0.2) is 36.4 Å². The third kappa shape index (κ3) is 3.09. The summed E-state index contributed by atoms with van der Waals surface area (Å²) in [6.45, 7) is 0.00811. The van der Waals surface area contributed by atoms with E-state index in [4.69, 9.17) is 15.6 Å². The highest BCUT2D eigenvalue weighted by molar-refractivity contribution is 5.79. The van der Waals surface area contributed by atoms with Crippen LogP contribution in [0.2, 0.25) is 0 Å². The third-order valence-electron chi connectivity index (χ3n) is 4.13. The van der Waals surface area contributed by atoms with Crippen molar-refractivity contribution in [2.45, 2.75) is 12.0 Å². The molecule has 0 heterocycles. The van der Waals surface area contributed by atoms with Crippen molar-refractivity contribution >= 4 is 12.1 Å². The molecule has 0 unspecified atom stereocenters. The van der Waals surface area contributed by atoms with Crippen LogP contribution in [0.3, 0.4) is 0 Å². The van der Waals surface area contributed by atoms with Gasteiger partial charge in [0.15, 0.2) is 0 Å². The van der Waals surface area contributed by atoms with Gasteiger partial charge in [-0.2, -0.15) is 0 Å². The van der Waals surface area contributed by atoms with Crippen molar-refractivity contribution in [3.63, 3.8) is 0 Å². The van der Waals surface area contributed by atoms with Crippen LogP contribution in [0.25, 0.3) is 11.1 Å². The molecule has 0 saturated heterocycles. The van der Waals surface area contributed by atoms with Crippen LogP contribution in [0.5, 0.6) is 0 Å². The molecule has 0 aromatic heterocycles. The van der Waals surface area contributed by atoms with Crippen LogP contribution in [0.15, 0.2) is 48.5 Å². The SMILES string of the molecule is N[C@@H](CNC(=O)OCC1c2ccccc2-c2ccccc21)C(=O)O. The van der Waals surface area contributed by atoms with Gasteiger partial charge in [0.1, 0.15) is 12.6 Å². The Kier molecular flexibility index (Phi) is 4.48. The van der Waals surface area contributed by atoms with Crippen LogP contribution < -0.4 is 11.1 Å². The van der Waals surface area contributed by atoms with Crippen LogP contribution in [-0.2, 0) is 9.53 Å². The maximum Gasteiger partial charge on any atom is 0.407 e. The van der Waals surface area contributed by atoms with Gasteiger partial charge in [0, 0.05) is 12.5 Å². The monoisotopic (exact) mass is 326 g/mol. The first-order valence-corrected chi connectivity index (χ1v) is 7.65. The highest BCUT2D eigenvalue weighted by Crippen LogP contribution is 2.44. The lowest BCUT2D eigenvalue weighted by molar-refractivity contribution is -0.138. The summed E-state index contributed by atoms with van der Waals surface area (Å²) in [6.07, 6.45) is -0.673. The molecule has 1 amide bonds. The molecule has 0 fully saturated rings. The zero-order chi connectivity index (χ0) is 17.1. The average Bonchev–Trinajstić information content (AvgIpc) is 2.92. The number of fused-ring (bicyclic) bond motifs is 3. The van der Waals surface area contributed by atoms with Gasteiger partial charge in [-0.15, -0.1) is 0 Å². The first-order valence-electron chi connectivity index (χ1n) is 7.65. The molecule has 24 heavy (non-hydrogen) atoms. The highest BCUT2D eigenvalue weighted by Gasteiger charge is 2.29. The van der Waals surface area contributed by atoms with Crippen molar-refractivity contribution in [1.82, 2.24) is 5.32 Å². The van der Waals surface area contributed by atoms with Gasteiger partial charge in [-0.1, -0.05) is 48.5 Å². The van der Waals surface area contributed by atoms with E-state index in [2.05, 4.69) is 17.4 Å². The predicted octanol–water partition coefficient (Wildman–Crippen LogP) is 1.94. The van der Waals surface area contributed by atoms with E-state index in [1.165, 1.54) is 0 Å². The molecule has 2 aromatic rings. The van der Waals surface area contributed by atoms with Gasteiger partial charge in [0.25, 0.3) is 0 Å². The fourth-order valence-electron chi connectivity index (χ4n) is 2.93. The zero-order valence-electron chi connectivity index (χ0n) is 12.9. The minimum absolute atomic E-state index is 0.0312. The second-order valence-electron chi connectivity index (χ2n) is 5.65. The van der Waals surface area contributed by atoms with E-state index in [9.17, 15) is 9.59 Å². The first kappa shape index (κ1) is 16.0. The summed E-state index contributed by atoms with van der Waals surface area (Å²) in [6, 6.07) is 14.9. The number of rotatable bonds is 5. The van der Waals surface area contributed by atoms with Gasteiger partial charge in [0.05, 0.1) is 0 Å². The summed E-state index contributed by atoms with van der Waals surface area (Å²) in [4.78, 5) is 22.4. The lowest BCUT2D eigenvalue weighted by Gasteiger charge is -2.15. The summed E-state index contributed by atoms with van der Waals surface area (Å²) in [5, 5.41) is 11.1. The maximum atomic E-state index is 11.8. The number of hydrogen-bond donors (Lipinski definition) is 3. The molecule has 2 aromatic carbocycles. The number of carbonyl (C=O) groups excluding carboxylic acids is 1. The molecule has 0 spiro atoms. The number of benzene rings is 2. The van der Waals surface area contributed by atoms with E-state index in [1.54, 1.807) is 0 Å². The molecule has 1 atom stereocenters. The lowest BCUT2D eigenvalue weighted by atomic mass is 9.98. The van der Waals surface area contributed by atoms with E-state index in [0.717, 1.165) is 22.3 Å². The second-order valence-corrected chi connectivity index (χ2v) is 5.65. The first-order chi connectivity index (χ1) is 11.6. The normalized spacial score (nSPS) is 13.7. The number of nitrogens with one attached hydrogen (secondary N) is 1. The van der Waals surface area contributed by atoms with Gasteiger partial charge in [0.2, 0.25) is 0 Å². The molecule has 0 bridgehead atoms. The lowest BCUT2D eigenvalue weighted by Crippen LogP contribution is -2.42. The Morgan fingerprint density at radius 1 is 1.08 bits per heavy atom. The van der Waals surface area contributed by atoms with Crippen LogP contribution in [0.1, 0.15) is 17.0 Å². The van der Waals surface area contributed by atoms with Gasteiger partial charge < -0.3 is 20.9 Å². The van der Waals surface area contributed by atoms with E-state index in [-0.39, 0.29) is 19.1 Å². The maximum absolute atomic E-state index is 11.8. The standard InChI is InChI=1S/C18H18N2O4/c19-16(17(21)22)9-20-18(23)24-10-15-13-7-3-1-5-11(13)12-6-2-4-8-14(12)15/h1-8,15-16H,9-10,19H2,(H,20,23)(H,21,22)/t16-/m0/s1. The van der Waals surface area contributed by atoms with Crippen molar-refractivity contribution in [3.8, 4) is 11.1 Å². The molecule has 4 N–H and O–H groups in total. The molecule has 6 heteroatoms. The Balaban J connectivity index is 1.67. The summed E-state index contributed by atoms with van der Waals surface area (Å²) in [5.74, 6) is -1.20. The van der Waals surface area contributed by atoms with Crippen molar-refractivity contribution in [2.24, 2.45) is 5.73 Å². The van der Waals surface area contributed by atoms with Crippen LogP contribution in [0.4, 0.5) is 4.79 Å². The number of amides is 1. The number of carboxylic acid groups (broad SMARTS) is 1. The van der Waals surface area contributed by atoms with Gasteiger partial charge in [-0.05, 0) is 22.3 Å². The topological polar surface area (TPSA) is 102 Å². The number of aliphatic carboxylic acids is 1. The number of carboxylic acids is 1. The van der Waals surface area contributed by atoms with Crippen molar-refractivity contribution in [1.29, 1.82) is 0 Å². The molecule has 6 nitrogen and oxygen atoms in total. The van der Waals surface area contributed by atoms with Crippen molar-refractivity contribution in [2.75, 3.05) is 13.2 Å². The molecule has 0 saturated carbocycles. The number of alkyl carbamates (subject to hydrolysis) is 1. The number of nitrogens with two attached hydrogens (primary N) is 1. The van der Waals surface area contributed by atoms with Crippen molar-refractivity contribution in [3.05, 3.63) is 59.7 Å². The Labute approximate surface area is 139 Å². The van der Waals surface area contributed by atoms with Crippen molar-refractivity contribution < 1.29 is 19.4 Å². The summed E-state index contributed by atoms with van der Waals surface area (Å²) in [5.41, 5.74) is 9.87. The number of carbonyl (C=O) groups is 2. The molecule has 0 aliphatic heterocycles. The summed E-state index contributed by atoms with van der Waals surface area (Å²) < 4.78 is 5.27. The molecule has 124 valence electrons. The molecule has 3 rings (SSSR count). The molecule has 1 aliphatic carbocycles. The number of hydrogen-bond acceptors (Lipinski definition) is 4. The smallest absolute Gasteiger partial charge is 0.407 e. The fraction of sp³-hybridized carbons (Fsp3) is 0.222. The third-order valence-corrected chi connectivity index (χ3v) is 4.13. The second kappa shape index (κ2) is 6.72. The average molecular weight is 326 g/mol. The van der Waals surface area contributed by atoms with E-state index in [0.29, 0.717) is 0 Å². The van der Waals surface area contributed by atoms with E-state index >= 15 is 0 Å². The van der Waals surface area contributed by atoms with Gasteiger partial charge in [-0.25, -0.2) is 4.79 Å². The van der Waals surface area contributed by atoms with Crippen LogP contribution in [0, 0.1) is 0 Å². The quantitative estimate of drug-likeness (QED) is 0.779. The minimum Gasteiger partial charge on any atom is -0.480 e. The van der Waals surface area contributed by atoms with Crippen LogP contribution >= 0.6 is 0 Å². The molecular weight excluding hydrogens is 308 g/mol. The number of ether oxygens (including phenoxy) is 1. The summed E-state index contributed by atoms with van der Waals surface area (Å²) >= 11 is 0. The zero-order valence-corrected chi connectivity index (χ0v) is 12.9. The highest BCUT2D eigenvalue weighted by atomic mass is 16.5. The predicted molar refractivity (Wildman–Crippen MR) is 88.7 cm³/mol. The Bertz CT molecular complexity index is 730.